The zero-order valence-electron chi connectivity index (χ0n) is 11.5. The van der Waals surface area contributed by atoms with Crippen molar-refractivity contribution in [2.45, 2.75) is 51.6 Å². The Morgan fingerprint density at radius 2 is 2.12 bits per heavy atom. The molecule has 1 fully saturated rings. The van der Waals surface area contributed by atoms with E-state index in [1.807, 2.05) is 4.90 Å². The molecule has 0 aromatic carbocycles. The van der Waals surface area contributed by atoms with E-state index in [-0.39, 0.29) is 11.9 Å². The molecule has 0 bridgehead atoms. The Morgan fingerprint density at radius 3 is 2.71 bits per heavy atom. The van der Waals surface area contributed by atoms with Crippen molar-refractivity contribution in [3.63, 3.8) is 0 Å². The molecule has 4 heteroatoms. The lowest BCUT2D eigenvalue weighted by atomic mass is 10.1. The van der Waals surface area contributed by atoms with Crippen molar-refractivity contribution < 1.29 is 4.79 Å². The van der Waals surface area contributed by atoms with Gasteiger partial charge < -0.3 is 15.5 Å². The van der Waals surface area contributed by atoms with E-state index in [1.165, 1.54) is 0 Å². The Bertz CT molecular complexity index is 245. The summed E-state index contributed by atoms with van der Waals surface area (Å²) in [7, 11) is 2.13. The summed E-state index contributed by atoms with van der Waals surface area (Å²) in [6, 6.07) is 0.0235. The molecule has 0 saturated carbocycles. The highest BCUT2D eigenvalue weighted by atomic mass is 16.2. The minimum absolute atomic E-state index is 0.147. The van der Waals surface area contributed by atoms with Crippen LogP contribution in [0.25, 0.3) is 0 Å². The van der Waals surface area contributed by atoms with E-state index in [0.717, 1.165) is 45.3 Å². The van der Waals surface area contributed by atoms with E-state index < -0.39 is 0 Å². The van der Waals surface area contributed by atoms with Crippen molar-refractivity contribution in [2.24, 2.45) is 5.73 Å². The molecule has 1 saturated heterocycles. The van der Waals surface area contributed by atoms with Crippen LogP contribution < -0.4 is 5.73 Å². The number of carbonyl (C=O) groups excluding carboxylic acids is 1. The molecule has 2 N–H and O–H groups in total. The second kappa shape index (κ2) is 6.97. The number of likely N-dealkylation sites (N-methyl/N-ethyl adjacent to an activating group) is 1. The van der Waals surface area contributed by atoms with Gasteiger partial charge in [0.2, 0.25) is 5.91 Å². The number of rotatable bonds is 4. The quantitative estimate of drug-likeness (QED) is 0.800. The van der Waals surface area contributed by atoms with Gasteiger partial charge in [-0.2, -0.15) is 0 Å². The number of carbonyl (C=O) groups is 1. The van der Waals surface area contributed by atoms with Gasteiger partial charge in [0, 0.05) is 19.1 Å². The average Bonchev–Trinajstić information content (AvgIpc) is 2.49. The fourth-order valence-corrected chi connectivity index (χ4v) is 2.53. The van der Waals surface area contributed by atoms with Crippen molar-refractivity contribution in [1.29, 1.82) is 0 Å². The Hall–Kier alpha value is -0.610. The van der Waals surface area contributed by atoms with Crippen molar-refractivity contribution in [1.82, 2.24) is 9.80 Å². The van der Waals surface area contributed by atoms with Crippen LogP contribution in [0.15, 0.2) is 0 Å². The molecule has 4 nitrogen and oxygen atoms in total. The fourth-order valence-electron chi connectivity index (χ4n) is 2.53. The highest BCUT2D eigenvalue weighted by Crippen LogP contribution is 2.14. The first-order chi connectivity index (χ1) is 8.10. The number of nitrogens with two attached hydrogens (primary N) is 1. The fraction of sp³-hybridized carbons (Fsp3) is 0.923. The molecule has 2 atom stereocenters. The standard InChI is InChI=1S/C13H27N3O/c1-4-7-12(14)13(17)16-9-6-8-15(3)10-11(16)5-2/h11-12H,4-10,14H2,1-3H3/t11?,12-/m0/s1. The number of hydrogen-bond donors (Lipinski definition) is 1. The third-order valence-electron chi connectivity index (χ3n) is 3.57. The molecule has 0 aromatic heterocycles. The van der Waals surface area contributed by atoms with E-state index in [1.54, 1.807) is 0 Å². The molecule has 0 aromatic rings. The van der Waals surface area contributed by atoms with Crippen LogP contribution >= 0.6 is 0 Å². The van der Waals surface area contributed by atoms with E-state index in [0.29, 0.717) is 6.04 Å². The topological polar surface area (TPSA) is 49.6 Å². The van der Waals surface area contributed by atoms with Gasteiger partial charge in [0.15, 0.2) is 0 Å². The normalized spacial score (nSPS) is 24.5. The summed E-state index contributed by atoms with van der Waals surface area (Å²) in [5.41, 5.74) is 5.96. The lowest BCUT2D eigenvalue weighted by molar-refractivity contribution is -0.135. The largest absolute Gasteiger partial charge is 0.337 e. The van der Waals surface area contributed by atoms with Crippen molar-refractivity contribution in [2.75, 3.05) is 26.7 Å². The van der Waals surface area contributed by atoms with Crippen LogP contribution in [0.5, 0.6) is 0 Å². The SMILES string of the molecule is CCC[C@H](N)C(=O)N1CCCN(C)CC1CC. The molecular formula is C13H27N3O. The first-order valence-electron chi connectivity index (χ1n) is 6.84. The van der Waals surface area contributed by atoms with Gasteiger partial charge in [0.05, 0.1) is 6.04 Å². The highest BCUT2D eigenvalue weighted by Gasteiger charge is 2.28. The van der Waals surface area contributed by atoms with Gasteiger partial charge >= 0.3 is 0 Å². The van der Waals surface area contributed by atoms with Gasteiger partial charge in [0.1, 0.15) is 0 Å². The molecule has 1 unspecified atom stereocenters. The molecule has 17 heavy (non-hydrogen) atoms. The van der Waals surface area contributed by atoms with Crippen molar-refractivity contribution in [3.05, 3.63) is 0 Å². The molecule has 1 aliphatic heterocycles. The third-order valence-corrected chi connectivity index (χ3v) is 3.57. The maximum absolute atomic E-state index is 12.3. The van der Waals surface area contributed by atoms with E-state index in [4.69, 9.17) is 5.73 Å². The predicted molar refractivity (Wildman–Crippen MR) is 70.8 cm³/mol. The Kier molecular flexibility index (Phi) is 5.92. The second-order valence-electron chi connectivity index (χ2n) is 5.10. The van der Waals surface area contributed by atoms with E-state index in [2.05, 4.69) is 25.8 Å². The second-order valence-corrected chi connectivity index (χ2v) is 5.10. The van der Waals surface area contributed by atoms with E-state index >= 15 is 0 Å². The molecule has 0 aliphatic carbocycles. The van der Waals surface area contributed by atoms with Crippen LogP contribution in [0.2, 0.25) is 0 Å². The average molecular weight is 241 g/mol. The first-order valence-corrected chi connectivity index (χ1v) is 6.84. The van der Waals surface area contributed by atoms with Gasteiger partial charge in [-0.15, -0.1) is 0 Å². The summed E-state index contributed by atoms with van der Waals surface area (Å²) in [5.74, 6) is 0.147. The molecule has 0 radical (unpaired) electrons. The lowest BCUT2D eigenvalue weighted by Gasteiger charge is -2.32. The summed E-state index contributed by atoms with van der Waals surface area (Å²) < 4.78 is 0. The minimum atomic E-state index is -0.308. The molecule has 100 valence electrons. The Morgan fingerprint density at radius 1 is 1.41 bits per heavy atom. The van der Waals surface area contributed by atoms with Gasteiger partial charge in [-0.1, -0.05) is 20.3 Å². The molecule has 1 aliphatic rings. The predicted octanol–water partition coefficient (Wildman–Crippen LogP) is 1.06. The van der Waals surface area contributed by atoms with Crippen molar-refractivity contribution in [3.8, 4) is 0 Å². The van der Waals surface area contributed by atoms with Gasteiger partial charge in [0.25, 0.3) is 0 Å². The van der Waals surface area contributed by atoms with Crippen molar-refractivity contribution >= 4 is 5.91 Å². The van der Waals surface area contributed by atoms with Crippen LogP contribution in [0.1, 0.15) is 39.5 Å². The number of hydrogen-bond acceptors (Lipinski definition) is 3. The highest BCUT2D eigenvalue weighted by molar-refractivity contribution is 5.82. The maximum atomic E-state index is 12.3. The summed E-state index contributed by atoms with van der Waals surface area (Å²) >= 11 is 0. The van der Waals surface area contributed by atoms with Crippen LogP contribution in [0.3, 0.4) is 0 Å². The molecule has 1 rings (SSSR count). The molecule has 1 amide bonds. The van der Waals surface area contributed by atoms with E-state index in [9.17, 15) is 4.79 Å². The number of nitrogens with zero attached hydrogens (tertiary/aromatic N) is 2. The number of amides is 1. The first kappa shape index (κ1) is 14.5. The molecule has 1 heterocycles. The summed E-state index contributed by atoms with van der Waals surface area (Å²) in [6.07, 6.45) is 3.82. The Balaban J connectivity index is 2.67. The smallest absolute Gasteiger partial charge is 0.239 e. The monoisotopic (exact) mass is 241 g/mol. The lowest BCUT2D eigenvalue weighted by Crippen LogP contribution is -2.50. The van der Waals surface area contributed by atoms with Crippen LogP contribution in [-0.2, 0) is 4.79 Å². The minimum Gasteiger partial charge on any atom is -0.337 e. The van der Waals surface area contributed by atoms with Crippen LogP contribution in [-0.4, -0.2) is 54.5 Å². The van der Waals surface area contributed by atoms with Crippen LogP contribution in [0.4, 0.5) is 0 Å². The zero-order valence-corrected chi connectivity index (χ0v) is 11.5. The summed E-state index contributed by atoms with van der Waals surface area (Å²) in [6.45, 7) is 7.12. The Labute approximate surface area is 105 Å². The molecular weight excluding hydrogens is 214 g/mol. The van der Waals surface area contributed by atoms with Crippen LogP contribution in [0, 0.1) is 0 Å². The van der Waals surface area contributed by atoms with Gasteiger partial charge in [-0.05, 0) is 32.9 Å². The maximum Gasteiger partial charge on any atom is 0.239 e. The zero-order chi connectivity index (χ0) is 12.8. The van der Waals surface area contributed by atoms with Gasteiger partial charge in [-0.3, -0.25) is 4.79 Å². The molecule has 0 spiro atoms. The summed E-state index contributed by atoms with van der Waals surface area (Å²) in [4.78, 5) is 16.6. The third kappa shape index (κ3) is 3.96. The summed E-state index contributed by atoms with van der Waals surface area (Å²) in [5, 5.41) is 0. The van der Waals surface area contributed by atoms with Gasteiger partial charge in [-0.25, -0.2) is 0 Å².